The smallest absolute Gasteiger partial charge is 0.270 e. The maximum absolute atomic E-state index is 10.2. The van der Waals surface area contributed by atoms with E-state index in [0.29, 0.717) is 9.32 Å². The van der Waals surface area contributed by atoms with E-state index in [0.717, 1.165) is 3.57 Å². The normalized spacial score (nSPS) is 9.37. The Kier molecular flexibility index (Phi) is 6.28. The Bertz CT molecular complexity index is 569. The van der Waals surface area contributed by atoms with E-state index in [9.17, 15) is 10.1 Å². The molecule has 0 spiro atoms. The molecule has 0 aliphatic heterocycles. The van der Waals surface area contributed by atoms with E-state index >= 15 is 0 Å². The van der Waals surface area contributed by atoms with Crippen LogP contribution in [0.25, 0.3) is 0 Å². The van der Waals surface area contributed by atoms with Gasteiger partial charge in [0.1, 0.15) is 11.5 Å². The summed E-state index contributed by atoms with van der Waals surface area (Å²) in [6, 6.07) is 11.1. The third kappa shape index (κ3) is 5.19. The summed E-state index contributed by atoms with van der Waals surface area (Å²) in [6.45, 7) is 0. The number of hydrogen-bond acceptors (Lipinski definition) is 4. The van der Waals surface area contributed by atoms with Gasteiger partial charge in [-0.05, 0) is 63.4 Å². The molecule has 2 N–H and O–H groups in total. The number of phenols is 2. The summed E-state index contributed by atoms with van der Waals surface area (Å²) >= 11 is 3.90. The van der Waals surface area contributed by atoms with Crippen molar-refractivity contribution in [2.24, 2.45) is 0 Å². The minimum absolute atomic E-state index is 0.00722. The summed E-state index contributed by atoms with van der Waals surface area (Å²) in [7, 11) is 0. The van der Waals surface area contributed by atoms with Gasteiger partial charge < -0.3 is 10.2 Å². The van der Waals surface area contributed by atoms with Crippen LogP contribution in [0.4, 0.5) is 5.69 Å². The van der Waals surface area contributed by atoms with Crippen molar-refractivity contribution in [3.63, 3.8) is 0 Å². The first-order chi connectivity index (χ1) is 8.91. The molecule has 19 heavy (non-hydrogen) atoms. The molecule has 2 aromatic carbocycles. The molecule has 0 saturated heterocycles. The largest absolute Gasteiger partial charge is 0.507 e. The van der Waals surface area contributed by atoms with Gasteiger partial charge in [0.15, 0.2) is 0 Å². The van der Waals surface area contributed by atoms with E-state index < -0.39 is 4.92 Å². The van der Waals surface area contributed by atoms with Crippen molar-refractivity contribution in [1.82, 2.24) is 0 Å². The van der Waals surface area contributed by atoms with Crippen molar-refractivity contribution >= 4 is 50.9 Å². The topological polar surface area (TPSA) is 83.6 Å². The van der Waals surface area contributed by atoms with Crippen LogP contribution in [0, 0.1) is 17.3 Å². The first-order valence-corrected chi connectivity index (χ1v) is 7.14. The van der Waals surface area contributed by atoms with Gasteiger partial charge in [0, 0.05) is 12.1 Å². The van der Waals surface area contributed by atoms with E-state index in [1.54, 1.807) is 12.1 Å². The summed E-state index contributed by atoms with van der Waals surface area (Å²) in [4.78, 5) is 9.69. The molecule has 0 amide bonds. The highest BCUT2D eigenvalue weighted by atomic mass is 127. The molecule has 5 nitrogen and oxygen atoms in total. The van der Waals surface area contributed by atoms with Crippen LogP contribution in [-0.4, -0.2) is 15.1 Å². The molecule has 0 radical (unpaired) electrons. The Morgan fingerprint density at radius 3 is 1.95 bits per heavy atom. The van der Waals surface area contributed by atoms with Crippen molar-refractivity contribution in [3.8, 4) is 11.5 Å². The number of halogens is 2. The lowest BCUT2D eigenvalue weighted by atomic mass is 10.3. The highest BCUT2D eigenvalue weighted by Crippen LogP contribution is 2.23. The molecule has 2 rings (SSSR count). The Hall–Kier alpha value is -1.10. The number of nitro groups is 1. The van der Waals surface area contributed by atoms with Gasteiger partial charge in [0.2, 0.25) is 0 Å². The van der Waals surface area contributed by atoms with Gasteiger partial charge >= 0.3 is 0 Å². The molecule has 2 aromatic rings. The third-order valence-corrected chi connectivity index (χ3v) is 3.77. The predicted octanol–water partition coefficient (Wildman–Crippen LogP) is 3.90. The maximum Gasteiger partial charge on any atom is 0.270 e. The fourth-order valence-electron chi connectivity index (χ4n) is 1.06. The van der Waals surface area contributed by atoms with Crippen molar-refractivity contribution in [2.75, 3.05) is 0 Å². The number of aromatic hydroxyl groups is 2. The number of hydrogen-bond donors (Lipinski definition) is 2. The SMILES string of the molecule is O=[N+]([O-])c1ccc(O)c(I)c1.Oc1ccccc1I. The van der Waals surface area contributed by atoms with Gasteiger partial charge in [-0.3, -0.25) is 10.1 Å². The van der Waals surface area contributed by atoms with Crippen LogP contribution in [0.1, 0.15) is 0 Å². The molecule has 0 aliphatic carbocycles. The van der Waals surface area contributed by atoms with E-state index in [1.165, 1.54) is 18.2 Å². The minimum Gasteiger partial charge on any atom is -0.507 e. The quantitative estimate of drug-likeness (QED) is 0.365. The zero-order valence-corrected chi connectivity index (χ0v) is 13.8. The number of phenolic OH excluding ortho intramolecular Hbond substituents is 2. The molecule has 0 unspecified atom stereocenters. The summed E-state index contributed by atoms with van der Waals surface area (Å²) in [6.07, 6.45) is 0. The van der Waals surface area contributed by atoms with Crippen LogP contribution >= 0.6 is 45.2 Å². The van der Waals surface area contributed by atoms with Crippen LogP contribution in [0.15, 0.2) is 42.5 Å². The van der Waals surface area contributed by atoms with Gasteiger partial charge in [0.25, 0.3) is 5.69 Å². The fraction of sp³-hybridized carbons (Fsp3) is 0. The van der Waals surface area contributed by atoms with Gasteiger partial charge in [-0.2, -0.15) is 0 Å². The average Bonchev–Trinajstić information content (AvgIpc) is 2.37. The van der Waals surface area contributed by atoms with Crippen molar-refractivity contribution in [2.45, 2.75) is 0 Å². The number of nitrogens with zero attached hydrogens (tertiary/aromatic N) is 1. The molecule has 0 aliphatic rings. The Balaban J connectivity index is 0.000000200. The van der Waals surface area contributed by atoms with Crippen molar-refractivity contribution in [1.29, 1.82) is 0 Å². The molecular weight excluding hydrogens is 476 g/mol. The second kappa shape index (κ2) is 7.48. The van der Waals surface area contributed by atoms with E-state index in [1.807, 2.05) is 34.7 Å². The predicted molar refractivity (Wildman–Crippen MR) is 88.3 cm³/mol. The molecule has 100 valence electrons. The zero-order chi connectivity index (χ0) is 14.4. The van der Waals surface area contributed by atoms with Gasteiger partial charge in [-0.25, -0.2) is 0 Å². The van der Waals surface area contributed by atoms with Crippen LogP contribution < -0.4 is 0 Å². The van der Waals surface area contributed by atoms with Crippen LogP contribution in [0.5, 0.6) is 11.5 Å². The Labute approximate surface area is 136 Å². The molecular formula is C12H9I2NO4. The zero-order valence-electron chi connectivity index (χ0n) is 9.46. The van der Waals surface area contributed by atoms with E-state index in [2.05, 4.69) is 22.6 Å². The number of benzene rings is 2. The van der Waals surface area contributed by atoms with E-state index in [-0.39, 0.29) is 11.4 Å². The van der Waals surface area contributed by atoms with Crippen LogP contribution in [-0.2, 0) is 0 Å². The van der Waals surface area contributed by atoms with Crippen molar-refractivity contribution < 1.29 is 15.1 Å². The molecule has 0 saturated carbocycles. The third-order valence-electron chi connectivity index (χ3n) is 1.99. The summed E-state index contributed by atoms with van der Waals surface area (Å²) in [5.74, 6) is 0.421. The van der Waals surface area contributed by atoms with Crippen molar-refractivity contribution in [3.05, 3.63) is 59.7 Å². The number of nitro benzene ring substituents is 1. The second-order valence-corrected chi connectivity index (χ2v) is 5.67. The minimum atomic E-state index is -0.498. The molecule has 0 aromatic heterocycles. The summed E-state index contributed by atoms with van der Waals surface area (Å²) < 4.78 is 1.38. The average molecular weight is 485 g/mol. The highest BCUT2D eigenvalue weighted by Gasteiger charge is 2.07. The number of para-hydroxylation sites is 1. The Morgan fingerprint density at radius 1 is 0.947 bits per heavy atom. The maximum atomic E-state index is 10.2. The monoisotopic (exact) mass is 485 g/mol. The number of rotatable bonds is 1. The Morgan fingerprint density at radius 2 is 1.53 bits per heavy atom. The lowest BCUT2D eigenvalue weighted by Gasteiger charge is -1.94. The van der Waals surface area contributed by atoms with E-state index in [4.69, 9.17) is 10.2 Å². The fourth-order valence-corrected chi connectivity index (χ4v) is 1.95. The number of non-ortho nitro benzene ring substituents is 1. The molecule has 0 atom stereocenters. The van der Waals surface area contributed by atoms with Crippen LogP contribution in [0.3, 0.4) is 0 Å². The van der Waals surface area contributed by atoms with Gasteiger partial charge in [-0.1, -0.05) is 12.1 Å². The standard InChI is InChI=1S/C6H4INO3.C6H5IO/c7-5-3-4(8(10)11)1-2-6(5)9;7-5-3-1-2-4-6(5)8/h1-3,9H;1-4,8H. The summed E-state index contributed by atoms with van der Waals surface area (Å²) in [5, 5.41) is 28.1. The lowest BCUT2D eigenvalue weighted by Crippen LogP contribution is -1.87. The molecule has 0 fully saturated rings. The highest BCUT2D eigenvalue weighted by molar-refractivity contribution is 14.1. The van der Waals surface area contributed by atoms with Gasteiger partial charge in [-0.15, -0.1) is 0 Å². The van der Waals surface area contributed by atoms with Gasteiger partial charge in [0.05, 0.1) is 12.1 Å². The molecule has 0 bridgehead atoms. The first kappa shape index (κ1) is 16.0. The molecule has 7 heteroatoms. The molecule has 0 heterocycles. The first-order valence-electron chi connectivity index (χ1n) is 4.98. The summed E-state index contributed by atoms with van der Waals surface area (Å²) in [5.41, 5.74) is -0.00722. The second-order valence-electron chi connectivity index (χ2n) is 3.34. The van der Waals surface area contributed by atoms with Crippen LogP contribution in [0.2, 0.25) is 0 Å². The lowest BCUT2D eigenvalue weighted by molar-refractivity contribution is -0.385.